The summed E-state index contributed by atoms with van der Waals surface area (Å²) in [6.45, 7) is 5.88. The Morgan fingerprint density at radius 2 is 2.16 bits per heavy atom. The highest BCUT2D eigenvalue weighted by molar-refractivity contribution is 5.77. The normalized spacial score (nSPS) is 23.6. The van der Waals surface area contributed by atoms with Crippen molar-refractivity contribution in [3.8, 4) is 0 Å². The van der Waals surface area contributed by atoms with E-state index in [2.05, 4.69) is 24.3 Å². The van der Waals surface area contributed by atoms with E-state index in [1.807, 2.05) is 4.68 Å². The van der Waals surface area contributed by atoms with Crippen LogP contribution in [0.5, 0.6) is 0 Å². The van der Waals surface area contributed by atoms with Gasteiger partial charge in [-0.25, -0.2) is 9.67 Å². The minimum absolute atomic E-state index is 0.0315. The van der Waals surface area contributed by atoms with Gasteiger partial charge in [-0.3, -0.25) is 4.79 Å². The molecule has 25 heavy (non-hydrogen) atoms. The SMILES string of the molecule is CCCCn1nc(CC(=O)NC)nc1[C@H]1CC[C@@H](OCCC)[C@H](N)C1. The molecule has 142 valence electrons. The molecule has 0 spiro atoms. The fraction of sp³-hybridized carbons (Fsp3) is 0.833. The molecule has 7 nitrogen and oxygen atoms in total. The first kappa shape index (κ1) is 19.8. The minimum atomic E-state index is -0.0624. The molecule has 0 aromatic carbocycles. The van der Waals surface area contributed by atoms with E-state index in [0.29, 0.717) is 11.7 Å². The van der Waals surface area contributed by atoms with Crippen molar-refractivity contribution in [3.63, 3.8) is 0 Å². The zero-order valence-electron chi connectivity index (χ0n) is 15.8. The summed E-state index contributed by atoms with van der Waals surface area (Å²) in [5.41, 5.74) is 6.36. The third-order valence-corrected chi connectivity index (χ3v) is 4.80. The van der Waals surface area contributed by atoms with Gasteiger partial charge in [0.25, 0.3) is 0 Å². The minimum Gasteiger partial charge on any atom is -0.377 e. The number of hydrogen-bond acceptors (Lipinski definition) is 5. The molecule has 1 aromatic heterocycles. The maximum Gasteiger partial charge on any atom is 0.227 e. The summed E-state index contributed by atoms with van der Waals surface area (Å²) in [6, 6.07) is 0.0315. The summed E-state index contributed by atoms with van der Waals surface area (Å²) >= 11 is 0. The van der Waals surface area contributed by atoms with Crippen LogP contribution in [0.3, 0.4) is 0 Å². The van der Waals surface area contributed by atoms with Crippen molar-refractivity contribution < 1.29 is 9.53 Å². The molecule has 0 bridgehead atoms. The molecule has 1 aliphatic rings. The van der Waals surface area contributed by atoms with Gasteiger partial charge in [0, 0.05) is 32.2 Å². The van der Waals surface area contributed by atoms with Crippen molar-refractivity contribution >= 4 is 5.91 Å². The Morgan fingerprint density at radius 1 is 1.36 bits per heavy atom. The quantitative estimate of drug-likeness (QED) is 0.707. The Balaban J connectivity index is 2.09. The Hall–Kier alpha value is -1.47. The van der Waals surface area contributed by atoms with Crippen molar-refractivity contribution in [2.45, 2.75) is 83.4 Å². The summed E-state index contributed by atoms with van der Waals surface area (Å²) < 4.78 is 7.87. The summed E-state index contributed by atoms with van der Waals surface area (Å²) in [4.78, 5) is 16.3. The molecule has 1 heterocycles. The fourth-order valence-corrected chi connectivity index (χ4v) is 3.37. The van der Waals surface area contributed by atoms with Crippen LogP contribution in [0.4, 0.5) is 0 Å². The predicted octanol–water partition coefficient (Wildman–Crippen LogP) is 1.76. The van der Waals surface area contributed by atoms with Gasteiger partial charge >= 0.3 is 0 Å². The van der Waals surface area contributed by atoms with E-state index < -0.39 is 0 Å². The number of nitrogens with zero attached hydrogens (tertiary/aromatic N) is 3. The highest BCUT2D eigenvalue weighted by Gasteiger charge is 2.32. The van der Waals surface area contributed by atoms with E-state index in [-0.39, 0.29) is 24.5 Å². The number of carbonyl (C=O) groups is 1. The van der Waals surface area contributed by atoms with Gasteiger partial charge in [0.05, 0.1) is 12.5 Å². The standard InChI is InChI=1S/C18H33N5O2/c1-4-6-9-23-18(21-16(22-23)12-17(24)20-3)13-7-8-15(14(19)11-13)25-10-5-2/h13-15H,4-12,19H2,1-3H3,(H,20,24)/t13-,14+,15+/m0/s1. The smallest absolute Gasteiger partial charge is 0.227 e. The number of nitrogens with two attached hydrogens (primary N) is 1. The van der Waals surface area contributed by atoms with Crippen LogP contribution in [0, 0.1) is 0 Å². The number of hydrogen-bond donors (Lipinski definition) is 2. The van der Waals surface area contributed by atoms with Gasteiger partial charge in [-0.2, -0.15) is 5.10 Å². The third-order valence-electron chi connectivity index (χ3n) is 4.80. The predicted molar refractivity (Wildman–Crippen MR) is 97.3 cm³/mol. The van der Waals surface area contributed by atoms with Crippen LogP contribution < -0.4 is 11.1 Å². The summed E-state index contributed by atoms with van der Waals surface area (Å²) in [7, 11) is 1.63. The van der Waals surface area contributed by atoms with Gasteiger partial charge in [-0.1, -0.05) is 20.3 Å². The highest BCUT2D eigenvalue weighted by atomic mass is 16.5. The van der Waals surface area contributed by atoms with Crippen LogP contribution in [-0.4, -0.2) is 46.5 Å². The van der Waals surface area contributed by atoms with Crippen molar-refractivity contribution in [1.29, 1.82) is 0 Å². The largest absolute Gasteiger partial charge is 0.377 e. The average Bonchev–Trinajstić information content (AvgIpc) is 3.01. The fourth-order valence-electron chi connectivity index (χ4n) is 3.37. The first-order chi connectivity index (χ1) is 12.1. The molecule has 0 saturated heterocycles. The molecule has 1 saturated carbocycles. The second kappa shape index (κ2) is 9.87. The molecule has 3 N–H and O–H groups in total. The van der Waals surface area contributed by atoms with Gasteiger partial charge in [0.2, 0.25) is 5.91 Å². The van der Waals surface area contributed by atoms with Gasteiger partial charge in [0.15, 0.2) is 5.82 Å². The Bertz CT molecular complexity index is 546. The number of aromatic nitrogens is 3. The average molecular weight is 351 g/mol. The number of amides is 1. The monoisotopic (exact) mass is 351 g/mol. The molecule has 7 heteroatoms. The van der Waals surface area contributed by atoms with E-state index in [9.17, 15) is 4.79 Å². The number of rotatable bonds is 9. The molecule has 1 fully saturated rings. The molecule has 3 atom stereocenters. The zero-order chi connectivity index (χ0) is 18.2. The van der Waals surface area contributed by atoms with Crippen LogP contribution >= 0.6 is 0 Å². The summed E-state index contributed by atoms with van der Waals surface area (Å²) in [5, 5.41) is 7.21. The maximum atomic E-state index is 11.7. The Kier molecular flexibility index (Phi) is 7.84. The molecule has 0 aliphatic heterocycles. The van der Waals surface area contributed by atoms with Crippen LogP contribution in [-0.2, 0) is 22.5 Å². The van der Waals surface area contributed by atoms with Crippen molar-refractivity contribution in [2.24, 2.45) is 5.73 Å². The lowest BCUT2D eigenvalue weighted by molar-refractivity contribution is -0.120. The lowest BCUT2D eigenvalue weighted by atomic mass is 9.83. The second-order valence-corrected chi connectivity index (χ2v) is 6.90. The molecule has 1 aliphatic carbocycles. The van der Waals surface area contributed by atoms with Crippen molar-refractivity contribution in [1.82, 2.24) is 20.1 Å². The molecular formula is C18H33N5O2. The van der Waals surface area contributed by atoms with Crippen LogP contribution in [0.1, 0.15) is 69.9 Å². The number of unbranched alkanes of at least 4 members (excludes halogenated alkanes) is 1. The maximum absolute atomic E-state index is 11.7. The Morgan fingerprint density at radius 3 is 2.80 bits per heavy atom. The number of nitrogens with one attached hydrogen (secondary N) is 1. The van der Waals surface area contributed by atoms with E-state index in [0.717, 1.165) is 57.5 Å². The van der Waals surface area contributed by atoms with Crippen molar-refractivity contribution in [2.75, 3.05) is 13.7 Å². The zero-order valence-corrected chi connectivity index (χ0v) is 15.8. The lowest BCUT2D eigenvalue weighted by Crippen LogP contribution is -2.42. The molecule has 1 amide bonds. The molecule has 2 rings (SSSR count). The van der Waals surface area contributed by atoms with E-state index in [4.69, 9.17) is 15.5 Å². The molecule has 1 aromatic rings. The Labute approximate surface area is 150 Å². The number of likely N-dealkylation sites (N-methyl/N-ethyl adjacent to an activating group) is 1. The molecule has 0 unspecified atom stereocenters. The van der Waals surface area contributed by atoms with Crippen LogP contribution in [0.2, 0.25) is 0 Å². The van der Waals surface area contributed by atoms with E-state index in [1.165, 1.54) is 0 Å². The first-order valence-corrected chi connectivity index (χ1v) is 9.60. The third kappa shape index (κ3) is 5.51. The highest BCUT2D eigenvalue weighted by Crippen LogP contribution is 2.33. The van der Waals surface area contributed by atoms with Gasteiger partial charge in [-0.15, -0.1) is 0 Å². The number of ether oxygens (including phenoxy) is 1. The van der Waals surface area contributed by atoms with Crippen LogP contribution in [0.25, 0.3) is 0 Å². The topological polar surface area (TPSA) is 95.1 Å². The summed E-state index contributed by atoms with van der Waals surface area (Å²) in [6.07, 6.45) is 6.36. The van der Waals surface area contributed by atoms with Crippen LogP contribution in [0.15, 0.2) is 0 Å². The van der Waals surface area contributed by atoms with Crippen molar-refractivity contribution in [3.05, 3.63) is 11.6 Å². The molecule has 0 radical (unpaired) electrons. The lowest BCUT2D eigenvalue weighted by Gasteiger charge is -2.33. The van der Waals surface area contributed by atoms with Gasteiger partial charge in [0.1, 0.15) is 5.82 Å². The number of aryl methyl sites for hydroxylation is 1. The van der Waals surface area contributed by atoms with E-state index in [1.54, 1.807) is 7.05 Å². The molecular weight excluding hydrogens is 318 g/mol. The van der Waals surface area contributed by atoms with Gasteiger partial charge in [-0.05, 0) is 32.1 Å². The van der Waals surface area contributed by atoms with E-state index >= 15 is 0 Å². The first-order valence-electron chi connectivity index (χ1n) is 9.60. The number of carbonyl (C=O) groups excluding carboxylic acids is 1. The summed E-state index contributed by atoms with van der Waals surface area (Å²) in [5.74, 6) is 1.81. The second-order valence-electron chi connectivity index (χ2n) is 6.90. The van der Waals surface area contributed by atoms with Gasteiger partial charge < -0.3 is 15.8 Å².